The van der Waals surface area contributed by atoms with Crippen molar-refractivity contribution in [2.75, 3.05) is 0 Å². The highest BCUT2D eigenvalue weighted by atomic mass is 16.2. The minimum absolute atomic E-state index is 0.527. The van der Waals surface area contributed by atoms with Crippen molar-refractivity contribution >= 4 is 6.03 Å². The molecule has 1 aromatic heterocycles. The van der Waals surface area contributed by atoms with Crippen molar-refractivity contribution in [2.24, 2.45) is 5.73 Å². The van der Waals surface area contributed by atoms with Gasteiger partial charge in [0.15, 0.2) is 0 Å². The lowest BCUT2D eigenvalue weighted by molar-refractivity contribution is 0.247. The van der Waals surface area contributed by atoms with Gasteiger partial charge >= 0.3 is 6.03 Å². The van der Waals surface area contributed by atoms with Gasteiger partial charge in [-0.25, -0.2) is 4.79 Å². The molecule has 0 saturated carbocycles. The van der Waals surface area contributed by atoms with E-state index in [9.17, 15) is 4.79 Å². The van der Waals surface area contributed by atoms with E-state index in [2.05, 4.69) is 17.2 Å². The molecule has 4 nitrogen and oxygen atoms in total. The maximum absolute atomic E-state index is 11.2. The fraction of sp³-hybridized carbons (Fsp3) is 0.231. The average Bonchev–Trinajstić information content (AvgIpc) is 2.69. The highest BCUT2D eigenvalue weighted by Gasteiger charge is 2.09. The summed E-state index contributed by atoms with van der Waals surface area (Å²) in [6, 6.07) is 11.5. The quantitative estimate of drug-likeness (QED) is 0.873. The summed E-state index contributed by atoms with van der Waals surface area (Å²) in [5.41, 5.74) is 8.17. The molecule has 1 amide bonds. The standard InChI is InChI=1S/C13H15N3O/c1-10-9-12(16(15-10)13(14)17)8-7-11-5-3-2-4-6-11/h2-6,9H,7-8H2,1H3,(H2,14,17). The first-order valence-electron chi connectivity index (χ1n) is 5.56. The van der Waals surface area contributed by atoms with Crippen molar-refractivity contribution < 1.29 is 4.79 Å². The van der Waals surface area contributed by atoms with Crippen LogP contribution in [0.5, 0.6) is 0 Å². The molecule has 4 heteroatoms. The van der Waals surface area contributed by atoms with E-state index >= 15 is 0 Å². The van der Waals surface area contributed by atoms with Crippen LogP contribution in [0.4, 0.5) is 4.79 Å². The molecule has 2 N–H and O–H groups in total. The van der Waals surface area contributed by atoms with E-state index in [1.165, 1.54) is 10.2 Å². The Balaban J connectivity index is 2.11. The van der Waals surface area contributed by atoms with Crippen LogP contribution < -0.4 is 5.73 Å². The van der Waals surface area contributed by atoms with Crippen molar-refractivity contribution in [3.63, 3.8) is 0 Å². The van der Waals surface area contributed by atoms with E-state index in [-0.39, 0.29) is 0 Å². The molecule has 0 unspecified atom stereocenters. The molecule has 17 heavy (non-hydrogen) atoms. The van der Waals surface area contributed by atoms with Gasteiger partial charge in [-0.05, 0) is 31.4 Å². The molecule has 0 bridgehead atoms. The molecular weight excluding hydrogens is 214 g/mol. The molecule has 0 aliphatic rings. The normalized spacial score (nSPS) is 10.4. The Kier molecular flexibility index (Phi) is 3.23. The Bertz CT molecular complexity index is 517. The SMILES string of the molecule is Cc1cc(CCc2ccccc2)n(C(N)=O)n1. The summed E-state index contributed by atoms with van der Waals surface area (Å²) < 4.78 is 1.28. The Morgan fingerprint density at radius 2 is 2.00 bits per heavy atom. The molecule has 0 saturated heterocycles. The van der Waals surface area contributed by atoms with Crippen LogP contribution in [0.1, 0.15) is 17.0 Å². The highest BCUT2D eigenvalue weighted by molar-refractivity contribution is 5.74. The Morgan fingerprint density at radius 1 is 1.29 bits per heavy atom. The number of primary amides is 1. The number of amides is 1. The van der Waals surface area contributed by atoms with Gasteiger partial charge in [-0.2, -0.15) is 9.78 Å². The second-order valence-electron chi connectivity index (χ2n) is 4.01. The van der Waals surface area contributed by atoms with Crippen LogP contribution in [0.25, 0.3) is 0 Å². The van der Waals surface area contributed by atoms with Crippen LogP contribution >= 0.6 is 0 Å². The molecular formula is C13H15N3O. The number of rotatable bonds is 3. The Hall–Kier alpha value is -2.10. The van der Waals surface area contributed by atoms with Crippen LogP contribution in [0.15, 0.2) is 36.4 Å². The maximum atomic E-state index is 11.2. The summed E-state index contributed by atoms with van der Waals surface area (Å²) in [6.07, 6.45) is 1.63. The minimum Gasteiger partial charge on any atom is -0.350 e. The van der Waals surface area contributed by atoms with Crippen molar-refractivity contribution in [3.8, 4) is 0 Å². The van der Waals surface area contributed by atoms with Gasteiger partial charge in [-0.3, -0.25) is 0 Å². The average molecular weight is 229 g/mol. The predicted molar refractivity (Wildman–Crippen MR) is 65.8 cm³/mol. The van der Waals surface area contributed by atoms with Gasteiger partial charge in [0.1, 0.15) is 0 Å². The zero-order valence-electron chi connectivity index (χ0n) is 9.76. The summed E-state index contributed by atoms with van der Waals surface area (Å²) in [5.74, 6) is 0. The fourth-order valence-corrected chi connectivity index (χ4v) is 1.84. The summed E-state index contributed by atoms with van der Waals surface area (Å²) in [7, 11) is 0. The van der Waals surface area contributed by atoms with E-state index < -0.39 is 6.03 Å². The number of aryl methyl sites for hydroxylation is 3. The van der Waals surface area contributed by atoms with Gasteiger partial charge in [0.25, 0.3) is 0 Å². The van der Waals surface area contributed by atoms with Crippen LogP contribution in [0, 0.1) is 6.92 Å². The van der Waals surface area contributed by atoms with E-state index in [0.717, 1.165) is 24.2 Å². The fourth-order valence-electron chi connectivity index (χ4n) is 1.84. The number of carbonyl (C=O) groups excluding carboxylic acids is 1. The molecule has 1 aromatic carbocycles. The monoisotopic (exact) mass is 229 g/mol. The van der Waals surface area contributed by atoms with Gasteiger partial charge in [-0.1, -0.05) is 30.3 Å². The molecule has 2 aromatic rings. The van der Waals surface area contributed by atoms with Gasteiger partial charge in [-0.15, -0.1) is 0 Å². The second kappa shape index (κ2) is 4.82. The smallest absolute Gasteiger partial charge is 0.339 e. The number of hydrogen-bond acceptors (Lipinski definition) is 2. The lowest BCUT2D eigenvalue weighted by Crippen LogP contribution is -2.23. The topological polar surface area (TPSA) is 60.9 Å². The van der Waals surface area contributed by atoms with Gasteiger partial charge in [0, 0.05) is 5.69 Å². The molecule has 0 aliphatic heterocycles. The van der Waals surface area contributed by atoms with Crippen LogP contribution in [0.2, 0.25) is 0 Å². The predicted octanol–water partition coefficient (Wildman–Crippen LogP) is 1.90. The van der Waals surface area contributed by atoms with Crippen molar-refractivity contribution in [1.29, 1.82) is 0 Å². The molecule has 0 spiro atoms. The van der Waals surface area contributed by atoms with E-state index in [0.29, 0.717) is 0 Å². The molecule has 0 radical (unpaired) electrons. The largest absolute Gasteiger partial charge is 0.350 e. The molecule has 88 valence electrons. The zero-order chi connectivity index (χ0) is 12.3. The molecule has 0 atom stereocenters. The third-order valence-electron chi connectivity index (χ3n) is 2.63. The van der Waals surface area contributed by atoms with E-state index in [1.807, 2.05) is 31.2 Å². The van der Waals surface area contributed by atoms with Gasteiger partial charge in [0.2, 0.25) is 0 Å². The lowest BCUT2D eigenvalue weighted by atomic mass is 10.1. The maximum Gasteiger partial charge on any atom is 0.339 e. The summed E-state index contributed by atoms with van der Waals surface area (Å²) in [6.45, 7) is 1.85. The van der Waals surface area contributed by atoms with Gasteiger partial charge in [0.05, 0.1) is 5.69 Å². The third kappa shape index (κ3) is 2.72. The number of nitrogens with zero attached hydrogens (tertiary/aromatic N) is 2. The first kappa shape index (κ1) is 11.4. The van der Waals surface area contributed by atoms with Gasteiger partial charge < -0.3 is 5.73 Å². The molecule has 0 fully saturated rings. The number of benzene rings is 1. The summed E-state index contributed by atoms with van der Waals surface area (Å²) in [4.78, 5) is 11.2. The molecule has 0 aliphatic carbocycles. The zero-order valence-corrected chi connectivity index (χ0v) is 9.76. The molecule has 2 rings (SSSR count). The van der Waals surface area contributed by atoms with Crippen LogP contribution in [-0.2, 0) is 12.8 Å². The minimum atomic E-state index is -0.527. The first-order valence-corrected chi connectivity index (χ1v) is 5.56. The second-order valence-corrected chi connectivity index (χ2v) is 4.01. The number of nitrogens with two attached hydrogens (primary N) is 1. The van der Waals surface area contributed by atoms with Crippen LogP contribution in [-0.4, -0.2) is 15.8 Å². The van der Waals surface area contributed by atoms with Crippen molar-refractivity contribution in [2.45, 2.75) is 19.8 Å². The lowest BCUT2D eigenvalue weighted by Gasteiger charge is -2.03. The summed E-state index contributed by atoms with van der Waals surface area (Å²) in [5, 5.41) is 4.06. The van der Waals surface area contributed by atoms with Crippen LogP contribution in [0.3, 0.4) is 0 Å². The summed E-state index contributed by atoms with van der Waals surface area (Å²) >= 11 is 0. The Labute approximate surface area is 100 Å². The van der Waals surface area contributed by atoms with Crippen molar-refractivity contribution in [1.82, 2.24) is 9.78 Å². The number of hydrogen-bond donors (Lipinski definition) is 1. The highest BCUT2D eigenvalue weighted by Crippen LogP contribution is 2.08. The third-order valence-corrected chi connectivity index (χ3v) is 2.63. The van der Waals surface area contributed by atoms with E-state index in [4.69, 9.17) is 5.73 Å². The van der Waals surface area contributed by atoms with Crippen molar-refractivity contribution in [3.05, 3.63) is 53.3 Å². The van der Waals surface area contributed by atoms with E-state index in [1.54, 1.807) is 0 Å². The number of aromatic nitrogens is 2. The Morgan fingerprint density at radius 3 is 2.65 bits per heavy atom. The molecule has 1 heterocycles. The first-order chi connectivity index (χ1) is 8.16. The number of carbonyl (C=O) groups is 1.